The molecule has 0 atom stereocenters. The Morgan fingerprint density at radius 1 is 0.906 bits per heavy atom. The second kappa shape index (κ2) is 8.22. The van der Waals surface area contributed by atoms with E-state index in [1.54, 1.807) is 6.07 Å². The van der Waals surface area contributed by atoms with Crippen LogP contribution in [0, 0.1) is 0 Å². The number of nitrogens with zero attached hydrogens (tertiary/aromatic N) is 1. The summed E-state index contributed by atoms with van der Waals surface area (Å²) >= 11 is 6.70. The van der Waals surface area contributed by atoms with Crippen molar-refractivity contribution in [1.29, 1.82) is 0 Å². The number of hydrogen-bond acceptors (Lipinski definition) is 3. The number of rotatable bonds is 4. The summed E-state index contributed by atoms with van der Waals surface area (Å²) in [6.45, 7) is 1.49. The van der Waals surface area contributed by atoms with Crippen molar-refractivity contribution in [1.82, 2.24) is 4.98 Å². The van der Waals surface area contributed by atoms with Crippen LogP contribution in [0.3, 0.4) is 0 Å². The maximum Gasteiger partial charge on any atom is 0.418 e. The average Bonchev–Trinajstić information content (AvgIpc) is 2.78. The van der Waals surface area contributed by atoms with E-state index in [1.165, 1.54) is 37.3 Å². The Balaban J connectivity index is 2.07. The highest BCUT2D eigenvalue weighted by atomic mass is 35.5. The van der Waals surface area contributed by atoms with E-state index in [1.807, 2.05) is 30.3 Å². The second-order valence-electron chi connectivity index (χ2n) is 7.14. The minimum absolute atomic E-state index is 0.0593. The maximum atomic E-state index is 13.6. The van der Waals surface area contributed by atoms with Crippen LogP contribution in [0.5, 0.6) is 0 Å². The van der Waals surface area contributed by atoms with E-state index in [0.29, 0.717) is 10.9 Å². The molecule has 1 heterocycles. The normalized spacial score (nSPS) is 12.3. The fourth-order valence-electron chi connectivity index (χ4n) is 3.57. The molecule has 0 bridgehead atoms. The minimum atomic E-state index is -4.61. The Hall–Kier alpha value is -2.90. The molecule has 0 spiro atoms. The van der Waals surface area contributed by atoms with E-state index in [4.69, 9.17) is 11.6 Å². The van der Waals surface area contributed by atoms with Crippen LogP contribution >= 0.6 is 11.6 Å². The molecule has 0 saturated heterocycles. The number of hydrogen-bond donors (Lipinski definition) is 0. The van der Waals surface area contributed by atoms with Crippen LogP contribution in [0.1, 0.15) is 12.5 Å². The highest BCUT2D eigenvalue weighted by molar-refractivity contribution is 7.91. The lowest BCUT2D eigenvalue weighted by Crippen LogP contribution is -2.08. The molecule has 4 rings (SSSR count). The first-order chi connectivity index (χ1) is 15.1. The number of benzene rings is 3. The lowest BCUT2D eigenvalue weighted by atomic mass is 10.00. The molecule has 0 aliphatic rings. The van der Waals surface area contributed by atoms with Crippen molar-refractivity contribution in [2.75, 3.05) is 5.75 Å². The molecule has 0 radical (unpaired) electrons. The number of alkyl halides is 3. The highest BCUT2D eigenvalue weighted by Gasteiger charge is 2.33. The fraction of sp³-hybridized carbons (Fsp3) is 0.125. The van der Waals surface area contributed by atoms with Crippen LogP contribution in [-0.2, 0) is 16.0 Å². The zero-order valence-corrected chi connectivity index (χ0v) is 18.4. The van der Waals surface area contributed by atoms with Gasteiger partial charge < -0.3 is 0 Å². The van der Waals surface area contributed by atoms with E-state index < -0.39 is 21.6 Å². The van der Waals surface area contributed by atoms with Crippen LogP contribution in [0.4, 0.5) is 13.2 Å². The summed E-state index contributed by atoms with van der Waals surface area (Å²) < 4.78 is 66.4. The van der Waals surface area contributed by atoms with E-state index >= 15 is 0 Å². The van der Waals surface area contributed by atoms with Crippen molar-refractivity contribution in [3.63, 3.8) is 0 Å². The molecule has 0 aliphatic heterocycles. The summed E-state index contributed by atoms with van der Waals surface area (Å²) in [5.41, 5.74) is 0.294. The highest BCUT2D eigenvalue weighted by Crippen LogP contribution is 2.42. The number of halogens is 4. The molecule has 32 heavy (non-hydrogen) atoms. The van der Waals surface area contributed by atoms with Crippen LogP contribution in [0.2, 0.25) is 5.02 Å². The molecular weight excluding hydrogens is 459 g/mol. The van der Waals surface area contributed by atoms with Gasteiger partial charge in [-0.1, -0.05) is 73.1 Å². The second-order valence-corrected chi connectivity index (χ2v) is 9.77. The summed E-state index contributed by atoms with van der Waals surface area (Å²) in [6, 6.07) is 18.9. The quantitative estimate of drug-likeness (QED) is 0.318. The molecule has 8 heteroatoms. The van der Waals surface area contributed by atoms with Crippen molar-refractivity contribution in [3.05, 3.63) is 83.4 Å². The molecule has 0 saturated carbocycles. The minimum Gasteiger partial charge on any atom is -0.247 e. The third-order valence-electron chi connectivity index (χ3n) is 5.19. The van der Waals surface area contributed by atoms with E-state index in [0.717, 1.165) is 11.6 Å². The standard InChI is InChI=1S/C24H17ClF3NO2S/c1-2-32(30,31)20-14-12-17(15-7-4-3-5-8-15)22(25)21(20)19-13-11-16-9-6-10-18(23(16)29-19)24(26,27)28/h3-14H,2H2,1H3. The molecule has 3 aromatic carbocycles. The van der Waals surface area contributed by atoms with Crippen LogP contribution in [-0.4, -0.2) is 19.2 Å². The molecule has 0 N–H and O–H groups in total. The number of para-hydroxylation sites is 1. The number of sulfone groups is 1. The van der Waals surface area contributed by atoms with Gasteiger partial charge in [-0.25, -0.2) is 13.4 Å². The monoisotopic (exact) mass is 475 g/mol. The number of aromatic nitrogens is 1. The van der Waals surface area contributed by atoms with Gasteiger partial charge in [-0.2, -0.15) is 13.2 Å². The number of fused-ring (bicyclic) bond motifs is 1. The van der Waals surface area contributed by atoms with E-state index in [-0.39, 0.29) is 32.4 Å². The molecule has 0 amide bonds. The van der Waals surface area contributed by atoms with Crippen molar-refractivity contribution < 1.29 is 21.6 Å². The molecule has 0 fully saturated rings. The Labute approximate surface area is 188 Å². The topological polar surface area (TPSA) is 47.0 Å². The van der Waals surface area contributed by atoms with Gasteiger partial charge in [0.05, 0.1) is 32.4 Å². The lowest BCUT2D eigenvalue weighted by molar-refractivity contribution is -0.136. The van der Waals surface area contributed by atoms with Crippen molar-refractivity contribution in [2.24, 2.45) is 0 Å². The summed E-state index contributed by atoms with van der Waals surface area (Å²) in [4.78, 5) is 4.18. The third-order valence-corrected chi connectivity index (χ3v) is 7.35. The van der Waals surface area contributed by atoms with Gasteiger partial charge in [0.15, 0.2) is 9.84 Å². The van der Waals surface area contributed by atoms with Crippen molar-refractivity contribution in [2.45, 2.75) is 18.0 Å². The zero-order chi connectivity index (χ0) is 23.1. The molecule has 3 nitrogen and oxygen atoms in total. The Bertz CT molecular complexity index is 1420. The van der Waals surface area contributed by atoms with Crippen LogP contribution in [0.15, 0.2) is 77.7 Å². The van der Waals surface area contributed by atoms with Crippen molar-refractivity contribution >= 4 is 32.3 Å². The van der Waals surface area contributed by atoms with Gasteiger partial charge in [-0.3, -0.25) is 0 Å². The summed E-state index contributed by atoms with van der Waals surface area (Å²) in [5.74, 6) is -0.192. The zero-order valence-electron chi connectivity index (χ0n) is 16.8. The van der Waals surface area contributed by atoms with Gasteiger partial charge >= 0.3 is 6.18 Å². The van der Waals surface area contributed by atoms with Gasteiger partial charge in [0, 0.05) is 16.5 Å². The summed E-state index contributed by atoms with van der Waals surface area (Å²) in [5, 5.41) is 0.404. The summed E-state index contributed by atoms with van der Waals surface area (Å²) in [7, 11) is -3.74. The smallest absolute Gasteiger partial charge is 0.247 e. The first-order valence-corrected chi connectivity index (χ1v) is 11.7. The predicted octanol–water partition coefficient (Wildman–Crippen LogP) is 7.03. The molecular formula is C24H17ClF3NO2S. The summed E-state index contributed by atoms with van der Waals surface area (Å²) in [6.07, 6.45) is -4.61. The molecule has 4 aromatic rings. The van der Waals surface area contributed by atoms with Gasteiger partial charge in [0.1, 0.15) is 0 Å². The van der Waals surface area contributed by atoms with Crippen LogP contribution in [0.25, 0.3) is 33.3 Å². The van der Waals surface area contributed by atoms with Gasteiger partial charge in [0.25, 0.3) is 0 Å². The first kappa shape index (κ1) is 22.3. The molecule has 164 valence electrons. The Morgan fingerprint density at radius 3 is 2.28 bits per heavy atom. The van der Waals surface area contributed by atoms with Crippen LogP contribution < -0.4 is 0 Å². The first-order valence-electron chi connectivity index (χ1n) is 9.71. The van der Waals surface area contributed by atoms with Gasteiger partial charge in [-0.15, -0.1) is 0 Å². The fourth-order valence-corrected chi connectivity index (χ4v) is 5.10. The largest absolute Gasteiger partial charge is 0.418 e. The maximum absolute atomic E-state index is 13.6. The van der Waals surface area contributed by atoms with E-state index in [9.17, 15) is 21.6 Å². The van der Waals surface area contributed by atoms with E-state index in [2.05, 4.69) is 4.98 Å². The van der Waals surface area contributed by atoms with Gasteiger partial charge in [-0.05, 0) is 23.8 Å². The molecule has 0 unspecified atom stereocenters. The lowest BCUT2D eigenvalue weighted by Gasteiger charge is -2.16. The van der Waals surface area contributed by atoms with Gasteiger partial charge in [0.2, 0.25) is 0 Å². The SMILES string of the molecule is CCS(=O)(=O)c1ccc(-c2ccccc2)c(Cl)c1-c1ccc2cccc(C(F)(F)F)c2n1. The molecule has 0 aliphatic carbocycles. The third kappa shape index (κ3) is 3.98. The predicted molar refractivity (Wildman–Crippen MR) is 120 cm³/mol. The molecule has 1 aromatic heterocycles. The average molecular weight is 476 g/mol. The number of pyridine rings is 1. The Kier molecular flexibility index (Phi) is 5.73. The van der Waals surface area contributed by atoms with Crippen molar-refractivity contribution in [3.8, 4) is 22.4 Å². The Morgan fingerprint density at radius 2 is 1.62 bits per heavy atom.